The van der Waals surface area contributed by atoms with E-state index in [1.165, 1.54) is 6.08 Å². The number of nitrogens with one attached hydrogen (secondary N) is 1. The van der Waals surface area contributed by atoms with Crippen molar-refractivity contribution in [3.8, 4) is 0 Å². The Morgan fingerprint density at radius 3 is 2.59 bits per heavy atom. The number of allylic oxidation sites excluding steroid dienone is 1. The number of H-pyrrole nitrogens is 1. The maximum atomic E-state index is 11.6. The molecule has 1 aromatic rings. The van der Waals surface area contributed by atoms with Crippen LogP contribution in [0.25, 0.3) is 0 Å². The molecule has 1 atom stereocenters. The molecule has 0 bridgehead atoms. The zero-order valence-electron chi connectivity index (χ0n) is 9.01. The fraction of sp³-hybridized carbons (Fsp3) is 0.182. The lowest BCUT2D eigenvalue weighted by Gasteiger charge is -2.26. The molecule has 0 aliphatic heterocycles. The van der Waals surface area contributed by atoms with Crippen LogP contribution in [-0.4, -0.2) is 21.8 Å². The molecule has 5 N–H and O–H groups in total. The van der Waals surface area contributed by atoms with Crippen molar-refractivity contribution in [1.82, 2.24) is 9.97 Å². The third-order valence-corrected chi connectivity index (χ3v) is 2.84. The van der Waals surface area contributed by atoms with Gasteiger partial charge in [0, 0.05) is 18.0 Å². The van der Waals surface area contributed by atoms with Crippen molar-refractivity contribution in [2.24, 2.45) is 11.5 Å². The highest BCUT2D eigenvalue weighted by Gasteiger charge is 2.39. The normalized spacial score (nSPS) is 23.2. The Labute approximate surface area is 97.4 Å². The van der Waals surface area contributed by atoms with Crippen LogP contribution in [0.15, 0.2) is 36.2 Å². The average Bonchev–Trinajstić information content (AvgIpc) is 2.82. The number of primary amides is 2. The molecule has 0 saturated heterocycles. The SMILES string of the molecule is NC(=O)C1=CCC(C(N)=O)(c2ncc[nH]2)C=C1. The van der Waals surface area contributed by atoms with Crippen molar-refractivity contribution in [3.05, 3.63) is 42.0 Å². The Bertz CT molecular complexity index is 516. The number of nitrogens with zero attached hydrogens (tertiary/aromatic N) is 1. The largest absolute Gasteiger partial charge is 0.369 e. The first-order valence-corrected chi connectivity index (χ1v) is 5.05. The predicted molar refractivity (Wildman–Crippen MR) is 60.5 cm³/mol. The van der Waals surface area contributed by atoms with Crippen LogP contribution in [0.4, 0.5) is 0 Å². The van der Waals surface area contributed by atoms with E-state index in [1.54, 1.807) is 24.5 Å². The highest BCUT2D eigenvalue weighted by molar-refractivity contribution is 5.97. The summed E-state index contributed by atoms with van der Waals surface area (Å²) in [5.74, 6) is -0.594. The summed E-state index contributed by atoms with van der Waals surface area (Å²) in [6.07, 6.45) is 8.08. The van der Waals surface area contributed by atoms with E-state index in [0.717, 1.165) is 0 Å². The van der Waals surface area contributed by atoms with Crippen LogP contribution < -0.4 is 11.5 Å². The van der Waals surface area contributed by atoms with E-state index in [1.807, 2.05) is 0 Å². The van der Waals surface area contributed by atoms with E-state index < -0.39 is 17.2 Å². The second-order valence-corrected chi connectivity index (χ2v) is 3.83. The van der Waals surface area contributed by atoms with Gasteiger partial charge in [-0.1, -0.05) is 18.2 Å². The minimum absolute atomic E-state index is 0.268. The molecule has 1 unspecified atom stereocenters. The molecule has 1 heterocycles. The molecule has 6 nitrogen and oxygen atoms in total. The molecule has 0 spiro atoms. The van der Waals surface area contributed by atoms with Gasteiger partial charge in [0.1, 0.15) is 11.2 Å². The number of carbonyl (C=O) groups excluding carboxylic acids is 2. The van der Waals surface area contributed by atoms with Crippen molar-refractivity contribution in [1.29, 1.82) is 0 Å². The second kappa shape index (κ2) is 3.89. The highest BCUT2D eigenvalue weighted by Crippen LogP contribution is 2.31. The van der Waals surface area contributed by atoms with Crippen LogP contribution >= 0.6 is 0 Å². The van der Waals surface area contributed by atoms with Crippen molar-refractivity contribution in [2.45, 2.75) is 11.8 Å². The Morgan fingerprint density at radius 1 is 1.41 bits per heavy atom. The lowest BCUT2D eigenvalue weighted by molar-refractivity contribution is -0.122. The number of hydrogen-bond donors (Lipinski definition) is 3. The molecule has 17 heavy (non-hydrogen) atoms. The van der Waals surface area contributed by atoms with Gasteiger partial charge < -0.3 is 16.5 Å². The highest BCUT2D eigenvalue weighted by atomic mass is 16.1. The maximum Gasteiger partial charge on any atom is 0.248 e. The number of carbonyl (C=O) groups is 2. The van der Waals surface area contributed by atoms with Gasteiger partial charge in [-0.25, -0.2) is 4.98 Å². The summed E-state index contributed by atoms with van der Waals surface area (Å²) in [7, 11) is 0. The first-order valence-electron chi connectivity index (χ1n) is 5.05. The molecule has 88 valence electrons. The fourth-order valence-electron chi connectivity index (χ4n) is 1.81. The third kappa shape index (κ3) is 1.73. The van der Waals surface area contributed by atoms with Crippen LogP contribution in [0.1, 0.15) is 12.2 Å². The number of hydrogen-bond acceptors (Lipinski definition) is 3. The van der Waals surface area contributed by atoms with Crippen molar-refractivity contribution in [3.63, 3.8) is 0 Å². The summed E-state index contributed by atoms with van der Waals surface area (Å²) < 4.78 is 0. The van der Waals surface area contributed by atoms with Crippen LogP contribution in [0.3, 0.4) is 0 Å². The molecule has 2 rings (SSSR count). The summed E-state index contributed by atoms with van der Waals surface area (Å²) in [5.41, 5.74) is 9.92. The van der Waals surface area contributed by atoms with Gasteiger partial charge in [-0.05, 0) is 6.42 Å². The molecular formula is C11H12N4O2. The molecule has 1 aliphatic rings. The van der Waals surface area contributed by atoms with E-state index in [4.69, 9.17) is 11.5 Å². The predicted octanol–water partition coefficient (Wildman–Crippen LogP) is -0.496. The number of amides is 2. The van der Waals surface area contributed by atoms with Crippen LogP contribution in [0, 0.1) is 0 Å². The van der Waals surface area contributed by atoms with Crippen LogP contribution in [0.5, 0.6) is 0 Å². The van der Waals surface area contributed by atoms with Crippen molar-refractivity contribution in [2.75, 3.05) is 0 Å². The van der Waals surface area contributed by atoms with Crippen LogP contribution in [-0.2, 0) is 15.0 Å². The fourth-order valence-corrected chi connectivity index (χ4v) is 1.81. The number of imidazole rings is 1. The summed E-state index contributed by atoms with van der Waals surface area (Å²) in [5, 5.41) is 0. The van der Waals surface area contributed by atoms with E-state index in [9.17, 15) is 9.59 Å². The van der Waals surface area contributed by atoms with Gasteiger partial charge in [0.2, 0.25) is 11.8 Å². The van der Waals surface area contributed by atoms with Gasteiger partial charge >= 0.3 is 0 Å². The lowest BCUT2D eigenvalue weighted by Crippen LogP contribution is -2.41. The Hall–Kier alpha value is -2.37. The Balaban J connectivity index is 2.40. The Kier molecular flexibility index (Phi) is 2.55. The van der Waals surface area contributed by atoms with Crippen LogP contribution in [0.2, 0.25) is 0 Å². The third-order valence-electron chi connectivity index (χ3n) is 2.84. The first-order chi connectivity index (χ1) is 8.06. The van der Waals surface area contributed by atoms with E-state index >= 15 is 0 Å². The standard InChI is InChI=1S/C11H12N4O2/c12-8(16)7-1-3-11(4-2-7,9(13)17)10-14-5-6-15-10/h1-3,5-6H,4H2,(H2,12,16)(H2,13,17)(H,14,15). The zero-order chi connectivity index (χ0) is 12.5. The maximum absolute atomic E-state index is 11.6. The van der Waals surface area contributed by atoms with Crippen molar-refractivity contribution >= 4 is 11.8 Å². The number of aromatic amines is 1. The van der Waals surface area contributed by atoms with Gasteiger partial charge in [0.05, 0.1) is 0 Å². The number of nitrogens with two attached hydrogens (primary N) is 2. The average molecular weight is 232 g/mol. The zero-order valence-corrected chi connectivity index (χ0v) is 9.01. The van der Waals surface area contributed by atoms with Gasteiger partial charge in [-0.2, -0.15) is 0 Å². The number of aromatic nitrogens is 2. The van der Waals surface area contributed by atoms with Gasteiger partial charge in [-0.15, -0.1) is 0 Å². The van der Waals surface area contributed by atoms with E-state index in [0.29, 0.717) is 11.4 Å². The monoisotopic (exact) mass is 232 g/mol. The lowest BCUT2D eigenvalue weighted by atomic mass is 9.78. The molecule has 0 saturated carbocycles. The van der Waals surface area contributed by atoms with Gasteiger partial charge in [-0.3, -0.25) is 9.59 Å². The molecule has 1 aromatic heterocycles. The van der Waals surface area contributed by atoms with Gasteiger partial charge in [0.15, 0.2) is 0 Å². The summed E-state index contributed by atoms with van der Waals surface area (Å²) in [6.45, 7) is 0. The molecule has 1 aliphatic carbocycles. The van der Waals surface area contributed by atoms with E-state index in [2.05, 4.69) is 9.97 Å². The smallest absolute Gasteiger partial charge is 0.248 e. The minimum atomic E-state index is -1.03. The topological polar surface area (TPSA) is 115 Å². The minimum Gasteiger partial charge on any atom is -0.369 e. The molecule has 0 fully saturated rings. The number of rotatable bonds is 3. The van der Waals surface area contributed by atoms with Crippen molar-refractivity contribution < 1.29 is 9.59 Å². The second-order valence-electron chi connectivity index (χ2n) is 3.83. The summed E-state index contributed by atoms with van der Waals surface area (Å²) in [6, 6.07) is 0. The molecular weight excluding hydrogens is 220 g/mol. The summed E-state index contributed by atoms with van der Waals surface area (Å²) >= 11 is 0. The quantitative estimate of drug-likeness (QED) is 0.652. The van der Waals surface area contributed by atoms with E-state index in [-0.39, 0.29) is 6.42 Å². The summed E-state index contributed by atoms with van der Waals surface area (Å²) in [4.78, 5) is 29.5. The molecule has 0 radical (unpaired) electrons. The Morgan fingerprint density at radius 2 is 2.18 bits per heavy atom. The first kappa shape index (κ1) is 11.1. The molecule has 2 amide bonds. The molecule has 0 aromatic carbocycles. The molecule has 6 heteroatoms. The van der Waals surface area contributed by atoms with Gasteiger partial charge in [0.25, 0.3) is 0 Å².